The number of hydrogen-bond acceptors (Lipinski definition) is 8. The van der Waals surface area contributed by atoms with Crippen molar-refractivity contribution in [2.24, 2.45) is 0 Å². The third-order valence-electron chi connectivity index (χ3n) is 5.24. The zero-order valence-corrected chi connectivity index (χ0v) is 18.5. The van der Waals surface area contributed by atoms with Crippen molar-refractivity contribution < 1.29 is 36.5 Å². The summed E-state index contributed by atoms with van der Waals surface area (Å²) < 4.78 is 60.0. The summed E-state index contributed by atoms with van der Waals surface area (Å²) in [4.78, 5) is 15.9. The number of benzene rings is 2. The number of amides is 1. The Balaban J connectivity index is 1.61. The number of aromatic nitrogens is 2. The number of nitrogens with one attached hydrogen (secondary N) is 1. The number of hydroxylamine groups is 1. The Bertz CT molecular complexity index is 1250. The number of aryl methyl sites for hydroxylation is 1. The molecule has 0 radical (unpaired) electrons. The molecule has 3 rings (SSSR count). The molecule has 0 saturated carbocycles. The molecule has 0 saturated heterocycles. The number of halogens is 2. The summed E-state index contributed by atoms with van der Waals surface area (Å²) in [6.45, 7) is 1.13. The maximum absolute atomic E-state index is 13.9. The van der Waals surface area contributed by atoms with Gasteiger partial charge in [-0.05, 0) is 49.6 Å². The summed E-state index contributed by atoms with van der Waals surface area (Å²) >= 11 is 0. The maximum Gasteiger partial charge on any atom is 0.264 e. The molecule has 0 aliphatic heterocycles. The highest BCUT2D eigenvalue weighted by Gasteiger charge is 2.43. The monoisotopic (exact) mass is 481 g/mol. The molecule has 2 aromatic carbocycles. The van der Waals surface area contributed by atoms with Gasteiger partial charge >= 0.3 is 0 Å². The van der Waals surface area contributed by atoms with Crippen LogP contribution in [-0.4, -0.2) is 40.7 Å². The molecule has 1 amide bonds. The van der Waals surface area contributed by atoms with Crippen molar-refractivity contribution in [2.75, 3.05) is 6.26 Å². The lowest BCUT2D eigenvalue weighted by Crippen LogP contribution is -2.49. The van der Waals surface area contributed by atoms with Gasteiger partial charge in [-0.1, -0.05) is 23.4 Å². The summed E-state index contributed by atoms with van der Waals surface area (Å²) in [5.41, 5.74) is 2.02. The van der Waals surface area contributed by atoms with Gasteiger partial charge in [-0.25, -0.2) is 22.7 Å². The first-order valence-electron chi connectivity index (χ1n) is 9.68. The number of hydrogen-bond donors (Lipinski definition) is 2. The molecule has 0 aliphatic carbocycles. The Labute approximate surface area is 188 Å². The Morgan fingerprint density at radius 3 is 2.55 bits per heavy atom. The molecule has 1 heterocycles. The predicted molar refractivity (Wildman–Crippen MR) is 112 cm³/mol. The zero-order valence-electron chi connectivity index (χ0n) is 17.7. The number of sulfone groups is 1. The van der Waals surface area contributed by atoms with E-state index < -0.39 is 32.1 Å². The highest BCUT2D eigenvalue weighted by atomic mass is 32.2. The number of nitrogens with zero attached hydrogens (tertiary/aromatic N) is 2. The van der Waals surface area contributed by atoms with E-state index in [4.69, 9.17) is 14.5 Å². The van der Waals surface area contributed by atoms with Gasteiger partial charge in [0.15, 0.2) is 28.1 Å². The summed E-state index contributed by atoms with van der Waals surface area (Å²) in [7, 11) is -3.78. The van der Waals surface area contributed by atoms with Crippen LogP contribution >= 0.6 is 0 Å². The molecule has 0 fully saturated rings. The van der Waals surface area contributed by atoms with Crippen LogP contribution in [0.15, 0.2) is 47.0 Å². The second-order valence-corrected chi connectivity index (χ2v) is 9.94. The zero-order chi connectivity index (χ0) is 24.2. The SMILES string of the molecule is CC(CCc1ccc(OCc2nc(-c3cccc(F)c3F)no2)cc1)(C(=O)NO)S(C)(=O)=O. The van der Waals surface area contributed by atoms with E-state index in [9.17, 15) is 22.0 Å². The Kier molecular flexibility index (Phi) is 7.08. The molecule has 0 bridgehead atoms. The highest BCUT2D eigenvalue weighted by molar-refractivity contribution is 7.92. The van der Waals surface area contributed by atoms with Gasteiger partial charge < -0.3 is 9.26 Å². The topological polar surface area (TPSA) is 132 Å². The Morgan fingerprint density at radius 1 is 1.21 bits per heavy atom. The second-order valence-electron chi connectivity index (χ2n) is 7.49. The molecular formula is C21H21F2N3O6S. The van der Waals surface area contributed by atoms with Gasteiger partial charge in [0.1, 0.15) is 10.5 Å². The molecule has 1 unspecified atom stereocenters. The number of carbonyl (C=O) groups is 1. The van der Waals surface area contributed by atoms with Crippen molar-refractivity contribution in [1.82, 2.24) is 15.6 Å². The lowest BCUT2D eigenvalue weighted by molar-refractivity contribution is -0.131. The average Bonchev–Trinajstić information content (AvgIpc) is 3.26. The van der Waals surface area contributed by atoms with Gasteiger partial charge in [-0.3, -0.25) is 10.0 Å². The minimum atomic E-state index is -3.78. The lowest BCUT2D eigenvalue weighted by Gasteiger charge is -2.25. The van der Waals surface area contributed by atoms with Crippen LogP contribution in [0.3, 0.4) is 0 Å². The van der Waals surface area contributed by atoms with Crippen molar-refractivity contribution in [3.63, 3.8) is 0 Å². The molecule has 0 aliphatic rings. The van der Waals surface area contributed by atoms with Crippen molar-refractivity contribution in [2.45, 2.75) is 31.1 Å². The first kappa shape index (κ1) is 24.3. The molecule has 176 valence electrons. The third-order valence-corrected chi connectivity index (χ3v) is 7.26. The van der Waals surface area contributed by atoms with Gasteiger partial charge in [0.05, 0.1) is 5.56 Å². The van der Waals surface area contributed by atoms with Gasteiger partial charge in [-0.2, -0.15) is 4.98 Å². The van der Waals surface area contributed by atoms with E-state index in [0.29, 0.717) is 5.75 Å². The molecule has 1 atom stereocenters. The Morgan fingerprint density at radius 2 is 1.91 bits per heavy atom. The Hall–Kier alpha value is -3.38. The summed E-state index contributed by atoms with van der Waals surface area (Å²) in [5, 5.41) is 12.5. The molecule has 12 heteroatoms. The number of rotatable bonds is 9. The van der Waals surface area contributed by atoms with Crippen LogP contribution in [0.25, 0.3) is 11.4 Å². The highest BCUT2D eigenvalue weighted by Crippen LogP contribution is 2.25. The van der Waals surface area contributed by atoms with Gasteiger partial charge in [-0.15, -0.1) is 0 Å². The van der Waals surface area contributed by atoms with Crippen LogP contribution < -0.4 is 10.2 Å². The molecular weight excluding hydrogens is 460 g/mol. The first-order chi connectivity index (χ1) is 15.5. The van der Waals surface area contributed by atoms with E-state index in [2.05, 4.69) is 10.1 Å². The van der Waals surface area contributed by atoms with E-state index in [0.717, 1.165) is 17.9 Å². The fraction of sp³-hybridized carbons (Fsp3) is 0.286. The predicted octanol–water partition coefficient (Wildman–Crippen LogP) is 2.84. The molecule has 2 N–H and O–H groups in total. The molecule has 9 nitrogen and oxygen atoms in total. The molecule has 3 aromatic rings. The van der Waals surface area contributed by atoms with Crippen LogP contribution in [0, 0.1) is 11.6 Å². The summed E-state index contributed by atoms with van der Waals surface area (Å²) in [6.07, 6.45) is 1.15. The van der Waals surface area contributed by atoms with Crippen LogP contribution in [0.2, 0.25) is 0 Å². The average molecular weight is 481 g/mol. The van der Waals surface area contributed by atoms with Crippen molar-refractivity contribution >= 4 is 15.7 Å². The van der Waals surface area contributed by atoms with E-state index in [1.54, 1.807) is 24.3 Å². The fourth-order valence-electron chi connectivity index (χ4n) is 2.97. The molecule has 1 aromatic heterocycles. The van der Waals surface area contributed by atoms with Crippen molar-refractivity contribution in [1.29, 1.82) is 0 Å². The van der Waals surface area contributed by atoms with Crippen molar-refractivity contribution in [3.8, 4) is 17.1 Å². The van der Waals surface area contributed by atoms with Gasteiger partial charge in [0, 0.05) is 6.26 Å². The fourth-order valence-corrected chi connectivity index (χ4v) is 3.82. The van der Waals surface area contributed by atoms with Crippen LogP contribution in [0.1, 0.15) is 24.8 Å². The summed E-state index contributed by atoms with van der Waals surface area (Å²) in [5.74, 6) is -2.72. The molecule has 33 heavy (non-hydrogen) atoms. The van der Waals surface area contributed by atoms with Gasteiger partial charge in [0.25, 0.3) is 11.8 Å². The second kappa shape index (κ2) is 9.63. The summed E-state index contributed by atoms with van der Waals surface area (Å²) in [6, 6.07) is 10.3. The third kappa shape index (κ3) is 5.34. The minimum absolute atomic E-state index is 0.0418. The minimum Gasteiger partial charge on any atom is -0.484 e. The van der Waals surface area contributed by atoms with Crippen LogP contribution in [-0.2, 0) is 27.7 Å². The molecule has 0 spiro atoms. The largest absolute Gasteiger partial charge is 0.484 e. The smallest absolute Gasteiger partial charge is 0.264 e. The maximum atomic E-state index is 13.9. The van der Waals surface area contributed by atoms with Crippen LogP contribution in [0.4, 0.5) is 8.78 Å². The standard InChI is InChI=1S/C21H21F2N3O6S/c1-21(20(27)25-28,33(2,29)30)11-10-13-6-8-14(9-7-13)31-12-17-24-19(26-32-17)15-4-3-5-16(22)18(15)23/h3-9,28H,10-12H2,1-2H3,(H,25,27). The van der Waals surface area contributed by atoms with E-state index >= 15 is 0 Å². The van der Waals surface area contributed by atoms with E-state index in [1.165, 1.54) is 24.5 Å². The normalized spacial score (nSPS) is 13.4. The number of ether oxygens (including phenoxy) is 1. The quantitative estimate of drug-likeness (QED) is 0.352. The van der Waals surface area contributed by atoms with E-state index in [1.807, 2.05) is 0 Å². The van der Waals surface area contributed by atoms with E-state index in [-0.39, 0.29) is 36.7 Å². The van der Waals surface area contributed by atoms with Gasteiger partial charge in [0.2, 0.25) is 5.82 Å². The van der Waals surface area contributed by atoms with Crippen LogP contribution in [0.5, 0.6) is 5.75 Å². The number of carbonyl (C=O) groups excluding carboxylic acids is 1. The van der Waals surface area contributed by atoms with Crippen molar-refractivity contribution in [3.05, 3.63) is 65.6 Å². The lowest BCUT2D eigenvalue weighted by atomic mass is 9.99. The first-order valence-corrected chi connectivity index (χ1v) is 11.6.